The van der Waals surface area contributed by atoms with Crippen molar-refractivity contribution in [2.45, 2.75) is 6.54 Å². The SMILES string of the molecule is COc1ccc(Cn2c(=O)c(=O)c3ccccc3c3ccccc32)cc1. The summed E-state index contributed by atoms with van der Waals surface area (Å²) in [6.07, 6.45) is 0. The van der Waals surface area contributed by atoms with Gasteiger partial charge in [-0.2, -0.15) is 0 Å². The van der Waals surface area contributed by atoms with Crippen LogP contribution in [0.2, 0.25) is 0 Å². The molecule has 26 heavy (non-hydrogen) atoms. The molecule has 4 rings (SSSR count). The third-order valence-corrected chi connectivity index (χ3v) is 4.60. The molecule has 0 radical (unpaired) electrons. The van der Waals surface area contributed by atoms with Gasteiger partial charge in [0.2, 0.25) is 0 Å². The molecule has 1 aromatic heterocycles. The van der Waals surface area contributed by atoms with E-state index in [1.54, 1.807) is 23.8 Å². The predicted molar refractivity (Wildman–Crippen MR) is 104 cm³/mol. The number of rotatable bonds is 3. The summed E-state index contributed by atoms with van der Waals surface area (Å²) in [5, 5.41) is 2.12. The first-order valence-corrected chi connectivity index (χ1v) is 8.36. The van der Waals surface area contributed by atoms with Crippen LogP contribution >= 0.6 is 0 Å². The van der Waals surface area contributed by atoms with Crippen molar-refractivity contribution < 1.29 is 4.74 Å². The van der Waals surface area contributed by atoms with E-state index in [9.17, 15) is 9.59 Å². The van der Waals surface area contributed by atoms with E-state index in [1.165, 1.54) is 0 Å². The van der Waals surface area contributed by atoms with Crippen molar-refractivity contribution in [3.63, 3.8) is 0 Å². The number of methoxy groups -OCH3 is 1. The van der Waals surface area contributed by atoms with Crippen molar-refractivity contribution in [2.24, 2.45) is 0 Å². The molecule has 128 valence electrons. The zero-order chi connectivity index (χ0) is 18.1. The second-order valence-electron chi connectivity index (χ2n) is 6.13. The fourth-order valence-electron chi connectivity index (χ4n) is 3.27. The van der Waals surface area contributed by atoms with E-state index in [-0.39, 0.29) is 0 Å². The highest BCUT2D eigenvalue weighted by Crippen LogP contribution is 2.21. The largest absolute Gasteiger partial charge is 0.497 e. The van der Waals surface area contributed by atoms with Crippen LogP contribution < -0.4 is 15.7 Å². The van der Waals surface area contributed by atoms with E-state index >= 15 is 0 Å². The fraction of sp³-hybridized carbons (Fsp3) is 0.0909. The lowest BCUT2D eigenvalue weighted by Crippen LogP contribution is -2.31. The quantitative estimate of drug-likeness (QED) is 0.534. The highest BCUT2D eigenvalue weighted by Gasteiger charge is 2.11. The first kappa shape index (κ1) is 16.1. The minimum absolute atomic E-state index is 0.319. The van der Waals surface area contributed by atoms with Crippen molar-refractivity contribution in [3.05, 3.63) is 98.9 Å². The van der Waals surface area contributed by atoms with Gasteiger partial charge in [0.1, 0.15) is 5.75 Å². The minimum Gasteiger partial charge on any atom is -0.497 e. The summed E-state index contributed by atoms with van der Waals surface area (Å²) in [4.78, 5) is 25.7. The molecule has 1 heterocycles. The van der Waals surface area contributed by atoms with Crippen LogP contribution in [0.1, 0.15) is 5.56 Å². The minimum atomic E-state index is -0.516. The maximum Gasteiger partial charge on any atom is 0.299 e. The van der Waals surface area contributed by atoms with E-state index in [2.05, 4.69) is 0 Å². The van der Waals surface area contributed by atoms with E-state index in [0.717, 1.165) is 27.6 Å². The number of fused-ring (bicyclic) bond motifs is 3. The van der Waals surface area contributed by atoms with Gasteiger partial charge in [-0.05, 0) is 29.1 Å². The molecule has 0 aliphatic rings. The molecule has 0 amide bonds. The van der Waals surface area contributed by atoms with Crippen LogP contribution in [-0.4, -0.2) is 11.7 Å². The molecular weight excluding hydrogens is 326 g/mol. The highest BCUT2D eigenvalue weighted by molar-refractivity contribution is 6.04. The van der Waals surface area contributed by atoms with Crippen molar-refractivity contribution in [1.29, 1.82) is 0 Å². The van der Waals surface area contributed by atoms with Crippen LogP contribution in [0.4, 0.5) is 0 Å². The van der Waals surface area contributed by atoms with Gasteiger partial charge < -0.3 is 9.30 Å². The Balaban J connectivity index is 2.06. The number of benzene rings is 3. The average Bonchev–Trinajstić information content (AvgIpc) is 2.79. The molecule has 4 aromatic rings. The molecule has 0 aliphatic heterocycles. The Bertz CT molecular complexity index is 1220. The second kappa shape index (κ2) is 6.48. The molecule has 0 fully saturated rings. The Kier molecular flexibility index (Phi) is 4.01. The van der Waals surface area contributed by atoms with Crippen LogP contribution in [0, 0.1) is 0 Å². The topological polar surface area (TPSA) is 48.3 Å². The molecule has 3 aromatic carbocycles. The lowest BCUT2D eigenvalue weighted by Gasteiger charge is -2.08. The van der Waals surface area contributed by atoms with Gasteiger partial charge in [-0.1, -0.05) is 54.6 Å². The molecule has 4 nitrogen and oxygen atoms in total. The number of hydrogen-bond donors (Lipinski definition) is 0. The van der Waals surface area contributed by atoms with Crippen LogP contribution in [-0.2, 0) is 6.54 Å². The maximum atomic E-state index is 12.9. The van der Waals surface area contributed by atoms with E-state index in [1.807, 2.05) is 60.7 Å². The third kappa shape index (κ3) is 2.65. The van der Waals surface area contributed by atoms with Crippen molar-refractivity contribution in [1.82, 2.24) is 4.57 Å². The predicted octanol–water partition coefficient (Wildman–Crippen LogP) is 3.57. The zero-order valence-corrected chi connectivity index (χ0v) is 14.3. The summed E-state index contributed by atoms with van der Waals surface area (Å²) in [5.41, 5.74) is 0.669. The van der Waals surface area contributed by atoms with Crippen LogP contribution in [0.3, 0.4) is 0 Å². The molecular formula is C22H17NO3. The summed E-state index contributed by atoms with van der Waals surface area (Å²) in [6.45, 7) is 0.319. The standard InChI is InChI=1S/C22H17NO3/c1-26-16-12-10-15(11-13-16)14-23-20-9-5-4-7-18(20)17-6-2-3-8-19(17)21(24)22(23)25/h2-13H,14H2,1H3. The van der Waals surface area contributed by atoms with Gasteiger partial charge in [-0.15, -0.1) is 0 Å². The number of para-hydroxylation sites is 1. The molecule has 0 atom stereocenters. The van der Waals surface area contributed by atoms with E-state index in [0.29, 0.717) is 11.9 Å². The number of hydrogen-bond acceptors (Lipinski definition) is 3. The summed E-state index contributed by atoms with van der Waals surface area (Å²) in [6, 6.07) is 22.4. The van der Waals surface area contributed by atoms with Crippen molar-refractivity contribution in [3.8, 4) is 5.75 Å². The van der Waals surface area contributed by atoms with Gasteiger partial charge in [-0.25, -0.2) is 0 Å². The molecule has 0 bridgehead atoms. The Morgan fingerprint density at radius 1 is 0.769 bits per heavy atom. The normalized spacial score (nSPS) is 11.0. The van der Waals surface area contributed by atoms with Crippen molar-refractivity contribution >= 4 is 21.7 Å². The summed E-state index contributed by atoms with van der Waals surface area (Å²) >= 11 is 0. The summed E-state index contributed by atoms with van der Waals surface area (Å²) in [7, 11) is 1.61. The second-order valence-corrected chi connectivity index (χ2v) is 6.13. The molecule has 0 saturated heterocycles. The van der Waals surface area contributed by atoms with Gasteiger partial charge in [0.15, 0.2) is 0 Å². The molecule has 0 spiro atoms. The lowest BCUT2D eigenvalue weighted by atomic mass is 10.1. The fourth-order valence-corrected chi connectivity index (χ4v) is 3.27. The highest BCUT2D eigenvalue weighted by atomic mass is 16.5. The van der Waals surface area contributed by atoms with Gasteiger partial charge >= 0.3 is 0 Å². The Morgan fingerprint density at radius 2 is 1.38 bits per heavy atom. The van der Waals surface area contributed by atoms with Gasteiger partial charge in [0, 0.05) is 10.8 Å². The molecule has 0 N–H and O–H groups in total. The first-order valence-electron chi connectivity index (χ1n) is 8.36. The monoisotopic (exact) mass is 343 g/mol. The first-order chi connectivity index (χ1) is 12.7. The van der Waals surface area contributed by atoms with Gasteiger partial charge in [0.25, 0.3) is 11.0 Å². The lowest BCUT2D eigenvalue weighted by molar-refractivity contribution is 0.414. The van der Waals surface area contributed by atoms with Crippen molar-refractivity contribution in [2.75, 3.05) is 7.11 Å². The van der Waals surface area contributed by atoms with E-state index < -0.39 is 11.0 Å². The Morgan fingerprint density at radius 3 is 2.08 bits per heavy atom. The maximum absolute atomic E-state index is 12.9. The van der Waals surface area contributed by atoms with Crippen LogP contribution in [0.15, 0.2) is 82.4 Å². The summed E-state index contributed by atoms with van der Waals surface area (Å²) < 4.78 is 6.74. The Labute approximate surface area is 149 Å². The summed E-state index contributed by atoms with van der Waals surface area (Å²) in [5.74, 6) is 0.750. The van der Waals surface area contributed by atoms with Gasteiger partial charge in [0.05, 0.1) is 19.2 Å². The zero-order valence-electron chi connectivity index (χ0n) is 14.3. The van der Waals surface area contributed by atoms with Crippen LogP contribution in [0.5, 0.6) is 5.75 Å². The molecule has 0 unspecified atom stereocenters. The average molecular weight is 343 g/mol. The van der Waals surface area contributed by atoms with E-state index in [4.69, 9.17) is 4.74 Å². The Hall–Kier alpha value is -3.40. The number of aromatic nitrogens is 1. The number of ether oxygens (including phenoxy) is 1. The van der Waals surface area contributed by atoms with Crippen LogP contribution in [0.25, 0.3) is 21.7 Å². The smallest absolute Gasteiger partial charge is 0.299 e. The van der Waals surface area contributed by atoms with Gasteiger partial charge in [-0.3, -0.25) is 9.59 Å². The molecule has 0 saturated carbocycles. The number of nitrogens with zero attached hydrogens (tertiary/aromatic N) is 1. The molecule has 4 heteroatoms. The third-order valence-electron chi connectivity index (χ3n) is 4.60. The molecule has 0 aliphatic carbocycles.